The first-order chi connectivity index (χ1) is 5.09. The maximum Gasteiger partial charge on any atom is 0.120 e. The predicted molar refractivity (Wildman–Crippen MR) is 53.4 cm³/mol. The van der Waals surface area contributed by atoms with Crippen molar-refractivity contribution in [1.29, 1.82) is 0 Å². The number of allylic oxidation sites excluding steroid dienone is 4. The smallest absolute Gasteiger partial charge is 0.120 e. The molecule has 0 unspecified atom stereocenters. The standard InChI is InChI=1S/C7H8BrF.C2H6/c1-4-7(8)5(2)6(3)9;1-2/h4H,1,3H2,2H3;1-2H3/b7-5+;. The molecule has 0 bridgehead atoms. The van der Waals surface area contributed by atoms with Crippen LogP contribution < -0.4 is 0 Å². The summed E-state index contributed by atoms with van der Waals surface area (Å²) in [7, 11) is 0. The van der Waals surface area contributed by atoms with Crippen molar-refractivity contribution < 1.29 is 4.39 Å². The molecule has 0 aromatic carbocycles. The van der Waals surface area contributed by atoms with Crippen LogP contribution in [0.5, 0.6) is 0 Å². The van der Waals surface area contributed by atoms with E-state index in [0.29, 0.717) is 10.1 Å². The van der Waals surface area contributed by atoms with E-state index in [0.717, 1.165) is 0 Å². The third-order valence-electron chi connectivity index (χ3n) is 0.944. The Labute approximate surface area is 76.6 Å². The summed E-state index contributed by atoms with van der Waals surface area (Å²) in [5.41, 5.74) is 0.491. The van der Waals surface area contributed by atoms with E-state index in [1.165, 1.54) is 6.08 Å². The normalized spacial score (nSPS) is 10.6. The van der Waals surface area contributed by atoms with E-state index < -0.39 is 5.83 Å². The fourth-order valence-corrected chi connectivity index (χ4v) is 0.498. The van der Waals surface area contributed by atoms with Crippen molar-refractivity contribution in [2.24, 2.45) is 0 Å². The van der Waals surface area contributed by atoms with Crippen LogP contribution in [0.1, 0.15) is 20.8 Å². The molecule has 0 nitrogen and oxygen atoms in total. The quantitative estimate of drug-likeness (QED) is 0.608. The molecule has 0 heterocycles. The number of rotatable bonds is 2. The van der Waals surface area contributed by atoms with Gasteiger partial charge in [0, 0.05) is 4.48 Å². The molecular weight excluding hydrogens is 207 g/mol. The second-order valence-corrected chi connectivity index (χ2v) is 2.44. The second-order valence-electron chi connectivity index (χ2n) is 1.58. The topological polar surface area (TPSA) is 0 Å². The highest BCUT2D eigenvalue weighted by atomic mass is 79.9. The molecule has 0 aromatic heterocycles. The molecule has 0 rings (SSSR count). The summed E-state index contributed by atoms with van der Waals surface area (Å²) in [6, 6.07) is 0. The molecule has 11 heavy (non-hydrogen) atoms. The van der Waals surface area contributed by atoms with Crippen LogP contribution in [0.4, 0.5) is 4.39 Å². The lowest BCUT2D eigenvalue weighted by Gasteiger charge is -1.95. The van der Waals surface area contributed by atoms with Gasteiger partial charge in [-0.05, 0) is 12.5 Å². The summed E-state index contributed by atoms with van der Waals surface area (Å²) in [5.74, 6) is -0.429. The van der Waals surface area contributed by atoms with Crippen LogP contribution in [0.25, 0.3) is 0 Å². The second kappa shape index (κ2) is 7.73. The molecule has 0 radical (unpaired) electrons. The maximum atomic E-state index is 12.2. The van der Waals surface area contributed by atoms with E-state index in [2.05, 4.69) is 29.1 Å². The first kappa shape index (κ1) is 13.2. The average molecular weight is 221 g/mol. The van der Waals surface area contributed by atoms with Gasteiger partial charge < -0.3 is 0 Å². The first-order valence-corrected chi connectivity index (χ1v) is 4.22. The minimum atomic E-state index is -0.429. The van der Waals surface area contributed by atoms with Gasteiger partial charge in [0.05, 0.1) is 0 Å². The van der Waals surface area contributed by atoms with Crippen LogP contribution in [0.2, 0.25) is 0 Å². The molecule has 0 aromatic rings. The number of hydrogen-bond acceptors (Lipinski definition) is 0. The molecule has 0 atom stereocenters. The number of hydrogen-bond donors (Lipinski definition) is 0. The molecule has 0 aliphatic carbocycles. The molecule has 0 spiro atoms. The molecule has 0 aliphatic rings. The number of halogens is 2. The van der Waals surface area contributed by atoms with Gasteiger partial charge in [0.1, 0.15) is 5.83 Å². The van der Waals surface area contributed by atoms with Crippen LogP contribution >= 0.6 is 15.9 Å². The SMILES string of the molecule is C=C/C(Br)=C(/C)C(=C)F.CC. The van der Waals surface area contributed by atoms with E-state index >= 15 is 0 Å². The van der Waals surface area contributed by atoms with Crippen LogP contribution in [-0.2, 0) is 0 Å². The Bertz CT molecular complexity index is 168. The van der Waals surface area contributed by atoms with Gasteiger partial charge in [-0.3, -0.25) is 0 Å². The summed E-state index contributed by atoms with van der Waals surface area (Å²) in [5, 5.41) is 0. The van der Waals surface area contributed by atoms with Crippen molar-refractivity contribution in [1.82, 2.24) is 0 Å². The van der Waals surface area contributed by atoms with E-state index in [9.17, 15) is 4.39 Å². The summed E-state index contributed by atoms with van der Waals surface area (Å²) < 4.78 is 12.9. The van der Waals surface area contributed by atoms with Gasteiger partial charge in [-0.25, -0.2) is 4.39 Å². The van der Waals surface area contributed by atoms with E-state index in [1.54, 1.807) is 6.92 Å². The van der Waals surface area contributed by atoms with Gasteiger partial charge in [-0.2, -0.15) is 0 Å². The third kappa shape index (κ3) is 6.05. The lowest BCUT2D eigenvalue weighted by Crippen LogP contribution is -1.75. The third-order valence-corrected chi connectivity index (χ3v) is 1.86. The van der Waals surface area contributed by atoms with Crippen LogP contribution in [0, 0.1) is 0 Å². The van der Waals surface area contributed by atoms with Crippen molar-refractivity contribution >= 4 is 15.9 Å². The van der Waals surface area contributed by atoms with Crippen molar-refractivity contribution in [2.75, 3.05) is 0 Å². The molecule has 0 N–H and O–H groups in total. The van der Waals surface area contributed by atoms with E-state index in [1.807, 2.05) is 13.8 Å². The van der Waals surface area contributed by atoms with Crippen LogP contribution in [-0.4, -0.2) is 0 Å². The minimum absolute atomic E-state index is 0.429. The summed E-state index contributed by atoms with van der Waals surface area (Å²) in [4.78, 5) is 0. The Balaban J connectivity index is 0. The molecule has 64 valence electrons. The highest BCUT2D eigenvalue weighted by Gasteiger charge is 1.96. The van der Waals surface area contributed by atoms with Gasteiger partial charge in [0.15, 0.2) is 0 Å². The zero-order valence-electron chi connectivity index (χ0n) is 7.25. The Kier molecular flexibility index (Phi) is 9.31. The molecule has 0 aliphatic heterocycles. The van der Waals surface area contributed by atoms with Crippen molar-refractivity contribution in [3.8, 4) is 0 Å². The van der Waals surface area contributed by atoms with Crippen LogP contribution in [0.15, 0.2) is 35.1 Å². The van der Waals surface area contributed by atoms with E-state index in [-0.39, 0.29) is 0 Å². The maximum absolute atomic E-state index is 12.2. The van der Waals surface area contributed by atoms with Gasteiger partial charge in [-0.15, -0.1) is 0 Å². The van der Waals surface area contributed by atoms with Gasteiger partial charge in [0.25, 0.3) is 0 Å². The lowest BCUT2D eigenvalue weighted by atomic mass is 10.2. The highest BCUT2D eigenvalue weighted by molar-refractivity contribution is 9.11. The summed E-state index contributed by atoms with van der Waals surface area (Å²) in [6.45, 7) is 12.2. The monoisotopic (exact) mass is 220 g/mol. The molecule has 0 saturated heterocycles. The fraction of sp³-hybridized carbons (Fsp3) is 0.333. The summed E-state index contributed by atoms with van der Waals surface area (Å²) in [6.07, 6.45) is 1.53. The van der Waals surface area contributed by atoms with Crippen LogP contribution in [0.3, 0.4) is 0 Å². The van der Waals surface area contributed by atoms with Gasteiger partial charge >= 0.3 is 0 Å². The molecule has 0 saturated carbocycles. The minimum Gasteiger partial charge on any atom is -0.207 e. The van der Waals surface area contributed by atoms with E-state index in [4.69, 9.17) is 0 Å². The van der Waals surface area contributed by atoms with Crippen molar-refractivity contribution in [3.63, 3.8) is 0 Å². The highest BCUT2D eigenvalue weighted by Crippen LogP contribution is 2.18. The Morgan fingerprint density at radius 2 is 1.82 bits per heavy atom. The Morgan fingerprint density at radius 1 is 1.45 bits per heavy atom. The summed E-state index contributed by atoms with van der Waals surface area (Å²) >= 11 is 3.10. The fourth-order valence-electron chi connectivity index (χ4n) is 0.283. The lowest BCUT2D eigenvalue weighted by molar-refractivity contribution is 0.655. The Morgan fingerprint density at radius 3 is 1.91 bits per heavy atom. The van der Waals surface area contributed by atoms with Crippen molar-refractivity contribution in [3.05, 3.63) is 35.1 Å². The zero-order valence-corrected chi connectivity index (χ0v) is 8.83. The molecule has 0 amide bonds. The zero-order chi connectivity index (χ0) is 9.44. The van der Waals surface area contributed by atoms with Gasteiger partial charge in [-0.1, -0.05) is 49.0 Å². The van der Waals surface area contributed by atoms with Crippen molar-refractivity contribution in [2.45, 2.75) is 20.8 Å². The molecule has 0 fully saturated rings. The first-order valence-electron chi connectivity index (χ1n) is 3.43. The predicted octanol–water partition coefficient (Wildman–Crippen LogP) is 4.35. The largest absolute Gasteiger partial charge is 0.207 e. The van der Waals surface area contributed by atoms with Gasteiger partial charge in [0.2, 0.25) is 0 Å². The Hall–Kier alpha value is -0.370. The molecular formula is C9H14BrF. The average Bonchev–Trinajstić information content (AvgIpc) is 2.05. The molecule has 2 heteroatoms.